The van der Waals surface area contributed by atoms with Crippen molar-refractivity contribution >= 4 is 11.7 Å². The Hall–Kier alpha value is -2.06. The number of hydrogen-bond acceptors (Lipinski definition) is 3. The fourth-order valence-corrected chi connectivity index (χ4v) is 2.94. The number of nitrogens with zero attached hydrogens (tertiary/aromatic N) is 2. The number of carbonyl (C=O) groups is 1. The topological polar surface area (TPSA) is 68.2 Å². The maximum absolute atomic E-state index is 12.0. The Balaban J connectivity index is 1.79. The van der Waals surface area contributed by atoms with Gasteiger partial charge in [-0.15, -0.1) is 0 Å². The predicted octanol–water partition coefficient (Wildman–Crippen LogP) is 2.80. The number of hydrogen-bond donors (Lipinski definition) is 2. The van der Waals surface area contributed by atoms with Crippen molar-refractivity contribution in [3.8, 4) is 6.07 Å². The second-order valence-electron chi connectivity index (χ2n) is 6.20. The van der Waals surface area contributed by atoms with Gasteiger partial charge in [0.15, 0.2) is 0 Å². The van der Waals surface area contributed by atoms with Crippen LogP contribution in [-0.4, -0.2) is 36.6 Å². The highest BCUT2D eigenvalue weighted by atomic mass is 16.2. The number of benzene rings is 1. The fourth-order valence-electron chi connectivity index (χ4n) is 2.94. The number of nitriles is 1. The lowest BCUT2D eigenvalue weighted by Crippen LogP contribution is -2.46. The molecule has 1 fully saturated rings. The highest BCUT2D eigenvalue weighted by Crippen LogP contribution is 2.15. The molecule has 2 N–H and O–H groups in total. The van der Waals surface area contributed by atoms with E-state index in [0.717, 1.165) is 25.6 Å². The number of rotatable bonds is 4. The summed E-state index contributed by atoms with van der Waals surface area (Å²) in [4.78, 5) is 14.4. The molecule has 1 aliphatic rings. The van der Waals surface area contributed by atoms with E-state index in [-0.39, 0.29) is 12.1 Å². The molecule has 22 heavy (non-hydrogen) atoms. The highest BCUT2D eigenvalue weighted by Gasteiger charge is 2.18. The van der Waals surface area contributed by atoms with E-state index >= 15 is 0 Å². The van der Waals surface area contributed by atoms with E-state index in [0.29, 0.717) is 11.3 Å². The maximum atomic E-state index is 12.0. The summed E-state index contributed by atoms with van der Waals surface area (Å²) < 4.78 is 0. The zero-order valence-corrected chi connectivity index (χ0v) is 13.3. The van der Waals surface area contributed by atoms with Gasteiger partial charge in [0.05, 0.1) is 11.6 Å². The van der Waals surface area contributed by atoms with E-state index in [9.17, 15) is 4.79 Å². The van der Waals surface area contributed by atoms with Gasteiger partial charge in [-0.3, -0.25) is 0 Å². The zero-order valence-electron chi connectivity index (χ0n) is 13.3. The van der Waals surface area contributed by atoms with Crippen LogP contribution in [0.2, 0.25) is 0 Å². The smallest absolute Gasteiger partial charge is 0.319 e. The van der Waals surface area contributed by atoms with E-state index in [4.69, 9.17) is 5.26 Å². The van der Waals surface area contributed by atoms with E-state index in [1.54, 1.807) is 24.3 Å². The van der Waals surface area contributed by atoms with Gasteiger partial charge in [-0.2, -0.15) is 5.26 Å². The third-order valence-electron chi connectivity index (χ3n) is 3.90. The SMILES string of the molecule is C[C@H]1CCCN(C[C@@H](C)NC(=O)Nc2cccc(C#N)c2)C1. The van der Waals surface area contributed by atoms with E-state index in [1.807, 2.05) is 6.92 Å². The minimum absolute atomic E-state index is 0.0875. The van der Waals surface area contributed by atoms with Crippen LogP contribution < -0.4 is 10.6 Å². The van der Waals surface area contributed by atoms with Crippen LogP contribution in [0.1, 0.15) is 32.3 Å². The second-order valence-corrected chi connectivity index (χ2v) is 6.20. The standard InChI is InChI=1S/C17H24N4O/c1-13-5-4-8-21(11-13)12-14(2)19-17(22)20-16-7-3-6-15(9-16)10-18/h3,6-7,9,13-14H,4-5,8,11-12H2,1-2H3,(H2,19,20,22)/t13-,14+/m0/s1. The van der Waals surface area contributed by atoms with Crippen LogP contribution >= 0.6 is 0 Å². The third-order valence-corrected chi connectivity index (χ3v) is 3.90. The van der Waals surface area contributed by atoms with Gasteiger partial charge < -0.3 is 15.5 Å². The lowest BCUT2D eigenvalue weighted by atomic mass is 10.00. The fraction of sp³-hybridized carbons (Fsp3) is 0.529. The van der Waals surface area contributed by atoms with Gasteiger partial charge >= 0.3 is 6.03 Å². The summed E-state index contributed by atoms with van der Waals surface area (Å²) in [5, 5.41) is 14.6. The molecule has 1 aromatic carbocycles. The summed E-state index contributed by atoms with van der Waals surface area (Å²) in [5.74, 6) is 0.739. The number of likely N-dealkylation sites (tertiary alicyclic amines) is 1. The normalized spacial score (nSPS) is 20.0. The summed E-state index contributed by atoms with van der Waals surface area (Å²) in [6.45, 7) is 7.39. The molecule has 1 aromatic rings. The molecule has 5 nitrogen and oxygen atoms in total. The summed E-state index contributed by atoms with van der Waals surface area (Å²) in [6.07, 6.45) is 2.54. The molecule has 0 unspecified atom stereocenters. The molecule has 2 amide bonds. The summed E-state index contributed by atoms with van der Waals surface area (Å²) >= 11 is 0. The van der Waals surface area contributed by atoms with Crippen molar-refractivity contribution in [3.05, 3.63) is 29.8 Å². The van der Waals surface area contributed by atoms with E-state index < -0.39 is 0 Å². The van der Waals surface area contributed by atoms with Crippen LogP contribution in [0.15, 0.2) is 24.3 Å². The Morgan fingerprint density at radius 3 is 3.09 bits per heavy atom. The van der Waals surface area contributed by atoms with Gasteiger partial charge in [0, 0.05) is 24.8 Å². The van der Waals surface area contributed by atoms with Crippen LogP contribution in [0.4, 0.5) is 10.5 Å². The molecule has 1 saturated heterocycles. The van der Waals surface area contributed by atoms with E-state index in [2.05, 4.69) is 28.5 Å². The van der Waals surface area contributed by atoms with Crippen molar-refractivity contribution in [1.29, 1.82) is 5.26 Å². The molecule has 2 atom stereocenters. The first-order valence-corrected chi connectivity index (χ1v) is 7.87. The Morgan fingerprint density at radius 2 is 2.36 bits per heavy atom. The Bertz CT molecular complexity index is 552. The number of amides is 2. The number of anilines is 1. The molecule has 1 aliphatic heterocycles. The van der Waals surface area contributed by atoms with Crippen molar-refractivity contribution in [2.75, 3.05) is 25.0 Å². The molecule has 5 heteroatoms. The van der Waals surface area contributed by atoms with Crippen LogP contribution in [0, 0.1) is 17.2 Å². The quantitative estimate of drug-likeness (QED) is 0.898. The number of piperidine rings is 1. The monoisotopic (exact) mass is 300 g/mol. The minimum atomic E-state index is -0.229. The molecular formula is C17H24N4O. The van der Waals surface area contributed by atoms with Gasteiger partial charge in [0.25, 0.3) is 0 Å². The average molecular weight is 300 g/mol. The maximum Gasteiger partial charge on any atom is 0.319 e. The van der Waals surface area contributed by atoms with Crippen LogP contribution in [0.25, 0.3) is 0 Å². The third kappa shape index (κ3) is 5.05. The van der Waals surface area contributed by atoms with Gasteiger partial charge in [-0.25, -0.2) is 4.79 Å². The lowest BCUT2D eigenvalue weighted by Gasteiger charge is -2.32. The highest BCUT2D eigenvalue weighted by molar-refractivity contribution is 5.89. The van der Waals surface area contributed by atoms with Crippen molar-refractivity contribution in [2.45, 2.75) is 32.7 Å². The lowest BCUT2D eigenvalue weighted by molar-refractivity contribution is 0.170. The number of carbonyl (C=O) groups excluding carboxylic acids is 1. The molecule has 0 aromatic heterocycles. The Labute approximate surface area is 132 Å². The first-order chi connectivity index (χ1) is 10.6. The summed E-state index contributed by atoms with van der Waals surface area (Å²) in [7, 11) is 0. The van der Waals surface area contributed by atoms with Gasteiger partial charge in [0.2, 0.25) is 0 Å². The molecular weight excluding hydrogens is 276 g/mol. The average Bonchev–Trinajstić information content (AvgIpc) is 2.47. The van der Waals surface area contributed by atoms with Gasteiger partial charge in [0.1, 0.15) is 0 Å². The summed E-state index contributed by atoms with van der Waals surface area (Å²) in [5.41, 5.74) is 1.17. The van der Waals surface area contributed by atoms with Crippen molar-refractivity contribution < 1.29 is 4.79 Å². The second kappa shape index (κ2) is 7.81. The van der Waals surface area contributed by atoms with Crippen LogP contribution in [0.5, 0.6) is 0 Å². The zero-order chi connectivity index (χ0) is 15.9. The molecule has 0 radical (unpaired) electrons. The molecule has 0 saturated carbocycles. The summed E-state index contributed by atoms with van der Waals surface area (Å²) in [6, 6.07) is 8.83. The Kier molecular flexibility index (Phi) is 5.79. The van der Waals surface area contributed by atoms with Crippen LogP contribution in [-0.2, 0) is 0 Å². The first-order valence-electron chi connectivity index (χ1n) is 7.87. The largest absolute Gasteiger partial charge is 0.334 e. The van der Waals surface area contributed by atoms with Crippen LogP contribution in [0.3, 0.4) is 0 Å². The Morgan fingerprint density at radius 1 is 1.55 bits per heavy atom. The van der Waals surface area contributed by atoms with Gasteiger partial charge in [-0.05, 0) is 50.4 Å². The number of nitrogens with one attached hydrogen (secondary N) is 2. The molecule has 0 spiro atoms. The molecule has 0 bridgehead atoms. The van der Waals surface area contributed by atoms with Gasteiger partial charge in [-0.1, -0.05) is 13.0 Å². The molecule has 2 rings (SSSR count). The number of urea groups is 1. The molecule has 1 heterocycles. The van der Waals surface area contributed by atoms with Crippen molar-refractivity contribution in [2.24, 2.45) is 5.92 Å². The van der Waals surface area contributed by atoms with E-state index in [1.165, 1.54) is 12.8 Å². The molecule has 118 valence electrons. The predicted molar refractivity (Wildman–Crippen MR) is 87.6 cm³/mol. The van der Waals surface area contributed by atoms with Crippen molar-refractivity contribution in [1.82, 2.24) is 10.2 Å². The van der Waals surface area contributed by atoms with Crippen molar-refractivity contribution in [3.63, 3.8) is 0 Å². The minimum Gasteiger partial charge on any atom is -0.334 e. The molecule has 0 aliphatic carbocycles. The first kappa shape index (κ1) is 16.3.